The average Bonchev–Trinajstić information content (AvgIpc) is 2.53. The Kier molecular flexibility index (Phi) is 2.91. The molecule has 0 aliphatic heterocycles. The van der Waals surface area contributed by atoms with Gasteiger partial charge in [-0.1, -0.05) is 11.6 Å². The third-order valence-electron chi connectivity index (χ3n) is 1.89. The van der Waals surface area contributed by atoms with Crippen molar-refractivity contribution in [1.82, 2.24) is 0 Å². The van der Waals surface area contributed by atoms with Gasteiger partial charge in [-0.2, -0.15) is 0 Å². The summed E-state index contributed by atoms with van der Waals surface area (Å²) in [5, 5.41) is 1.06. The van der Waals surface area contributed by atoms with E-state index in [9.17, 15) is 0 Å². The predicted molar refractivity (Wildman–Crippen MR) is 65.3 cm³/mol. The van der Waals surface area contributed by atoms with Crippen molar-refractivity contribution in [3.63, 3.8) is 0 Å². The fourth-order valence-corrected chi connectivity index (χ4v) is 2.87. The molecule has 2 aromatic rings. The van der Waals surface area contributed by atoms with E-state index in [-0.39, 0.29) is 0 Å². The number of thiophene rings is 1. The summed E-state index contributed by atoms with van der Waals surface area (Å²) >= 11 is 11.9. The van der Waals surface area contributed by atoms with Gasteiger partial charge in [0.2, 0.25) is 0 Å². The zero-order valence-electron chi connectivity index (χ0n) is 7.58. The maximum atomic E-state index is 5.96. The zero-order chi connectivity index (χ0) is 10.1. The second-order valence-electron chi connectivity index (χ2n) is 2.81. The highest BCUT2D eigenvalue weighted by Crippen LogP contribution is 2.39. The number of hydrogen-bond donors (Lipinski definition) is 1. The lowest BCUT2D eigenvalue weighted by Gasteiger charge is -2.04. The minimum atomic E-state index is 0.663. The van der Waals surface area contributed by atoms with E-state index in [4.69, 9.17) is 16.3 Å². The maximum absolute atomic E-state index is 5.96. The summed E-state index contributed by atoms with van der Waals surface area (Å²) in [6, 6.07) is 5.78. The molecule has 1 aromatic carbocycles. The van der Waals surface area contributed by atoms with Crippen LogP contribution in [0.15, 0.2) is 23.1 Å². The molecule has 0 bridgehead atoms. The Morgan fingerprint density at radius 2 is 2.29 bits per heavy atom. The largest absolute Gasteiger partial charge is 0.492 e. The smallest absolute Gasteiger partial charge is 0.137 e. The third kappa shape index (κ3) is 1.72. The SMILES string of the molecule is CCOc1ccc(S)c2cc(Cl)sc12. The summed E-state index contributed by atoms with van der Waals surface area (Å²) in [5.74, 6) is 0.886. The van der Waals surface area contributed by atoms with Crippen LogP contribution in [-0.2, 0) is 0 Å². The predicted octanol–water partition coefficient (Wildman–Crippen LogP) is 4.24. The van der Waals surface area contributed by atoms with Gasteiger partial charge < -0.3 is 4.74 Å². The van der Waals surface area contributed by atoms with Gasteiger partial charge >= 0.3 is 0 Å². The van der Waals surface area contributed by atoms with Crippen molar-refractivity contribution in [2.75, 3.05) is 6.61 Å². The Balaban J connectivity index is 2.68. The molecule has 0 radical (unpaired) electrons. The van der Waals surface area contributed by atoms with Crippen LogP contribution in [-0.4, -0.2) is 6.61 Å². The minimum absolute atomic E-state index is 0.663. The molecule has 0 unspecified atom stereocenters. The van der Waals surface area contributed by atoms with E-state index in [0.29, 0.717) is 6.61 Å². The van der Waals surface area contributed by atoms with E-state index in [0.717, 1.165) is 25.1 Å². The lowest BCUT2D eigenvalue weighted by atomic mass is 10.2. The molecule has 0 N–H and O–H groups in total. The van der Waals surface area contributed by atoms with Gasteiger partial charge in [0.1, 0.15) is 5.75 Å². The first-order chi connectivity index (χ1) is 6.72. The number of ether oxygens (including phenoxy) is 1. The average molecular weight is 245 g/mol. The number of benzene rings is 1. The molecule has 1 nitrogen and oxygen atoms in total. The van der Waals surface area contributed by atoms with Gasteiger partial charge in [0.15, 0.2) is 0 Å². The van der Waals surface area contributed by atoms with Crippen molar-refractivity contribution in [1.29, 1.82) is 0 Å². The van der Waals surface area contributed by atoms with Crippen LogP contribution in [0, 0.1) is 0 Å². The molecule has 0 saturated carbocycles. The normalized spacial score (nSPS) is 10.8. The van der Waals surface area contributed by atoms with E-state index in [1.165, 1.54) is 11.3 Å². The topological polar surface area (TPSA) is 9.23 Å². The summed E-state index contributed by atoms with van der Waals surface area (Å²) in [5.41, 5.74) is 0. The standard InChI is InChI=1S/C10H9ClOS2/c1-2-12-7-3-4-8(13)6-5-9(11)14-10(6)7/h3-5,13H,2H2,1H3. The summed E-state index contributed by atoms with van der Waals surface area (Å²) in [4.78, 5) is 0.937. The van der Waals surface area contributed by atoms with Crippen molar-refractivity contribution < 1.29 is 4.74 Å². The van der Waals surface area contributed by atoms with Gasteiger partial charge in [0.25, 0.3) is 0 Å². The number of halogens is 1. The fraction of sp³-hybridized carbons (Fsp3) is 0.200. The van der Waals surface area contributed by atoms with Crippen LogP contribution in [0.3, 0.4) is 0 Å². The molecule has 0 spiro atoms. The Hall–Kier alpha value is -0.380. The van der Waals surface area contributed by atoms with E-state index < -0.39 is 0 Å². The highest BCUT2D eigenvalue weighted by Gasteiger charge is 2.08. The number of fused-ring (bicyclic) bond motifs is 1. The maximum Gasteiger partial charge on any atom is 0.137 e. The van der Waals surface area contributed by atoms with Crippen molar-refractivity contribution in [2.45, 2.75) is 11.8 Å². The first-order valence-corrected chi connectivity index (χ1v) is 5.90. The van der Waals surface area contributed by atoms with Gasteiger partial charge in [0.05, 0.1) is 15.6 Å². The molecule has 0 saturated heterocycles. The van der Waals surface area contributed by atoms with Crippen LogP contribution in [0.25, 0.3) is 10.1 Å². The molecule has 4 heteroatoms. The molecular weight excluding hydrogens is 236 g/mol. The van der Waals surface area contributed by atoms with Crippen LogP contribution >= 0.6 is 35.6 Å². The Morgan fingerprint density at radius 1 is 1.50 bits per heavy atom. The van der Waals surface area contributed by atoms with Crippen LogP contribution in [0.2, 0.25) is 4.34 Å². The van der Waals surface area contributed by atoms with Gasteiger partial charge in [0, 0.05) is 10.3 Å². The molecule has 0 atom stereocenters. The zero-order valence-corrected chi connectivity index (χ0v) is 10.0. The molecule has 0 amide bonds. The first-order valence-electron chi connectivity index (χ1n) is 4.26. The Morgan fingerprint density at radius 3 is 3.00 bits per heavy atom. The van der Waals surface area contributed by atoms with Crippen LogP contribution in [0.1, 0.15) is 6.92 Å². The summed E-state index contributed by atoms with van der Waals surface area (Å²) < 4.78 is 7.34. The molecule has 0 aliphatic rings. The summed E-state index contributed by atoms with van der Waals surface area (Å²) in [7, 11) is 0. The molecule has 14 heavy (non-hydrogen) atoms. The van der Waals surface area contributed by atoms with Crippen LogP contribution in [0.5, 0.6) is 5.75 Å². The molecule has 2 rings (SSSR count). The number of rotatable bonds is 2. The second-order valence-corrected chi connectivity index (χ2v) is 4.97. The molecule has 0 fully saturated rings. The van der Waals surface area contributed by atoms with E-state index in [1.807, 2.05) is 25.1 Å². The molecule has 1 heterocycles. The molecular formula is C10H9ClOS2. The van der Waals surface area contributed by atoms with Gasteiger partial charge in [-0.3, -0.25) is 0 Å². The quantitative estimate of drug-likeness (QED) is 0.778. The summed E-state index contributed by atoms with van der Waals surface area (Å²) in [6.45, 7) is 2.63. The van der Waals surface area contributed by atoms with Gasteiger partial charge in [-0.25, -0.2) is 0 Å². The number of thiol groups is 1. The lowest BCUT2D eigenvalue weighted by Crippen LogP contribution is -1.90. The lowest BCUT2D eigenvalue weighted by molar-refractivity contribution is 0.345. The molecule has 1 aromatic heterocycles. The Bertz CT molecular complexity index is 464. The van der Waals surface area contributed by atoms with Gasteiger partial charge in [-0.15, -0.1) is 24.0 Å². The van der Waals surface area contributed by atoms with E-state index in [1.54, 1.807) is 0 Å². The van der Waals surface area contributed by atoms with E-state index >= 15 is 0 Å². The molecule has 0 aliphatic carbocycles. The monoisotopic (exact) mass is 244 g/mol. The van der Waals surface area contributed by atoms with Crippen molar-refractivity contribution in [3.8, 4) is 5.75 Å². The van der Waals surface area contributed by atoms with E-state index in [2.05, 4.69) is 12.6 Å². The van der Waals surface area contributed by atoms with Crippen molar-refractivity contribution in [3.05, 3.63) is 22.5 Å². The fourth-order valence-electron chi connectivity index (χ4n) is 1.32. The van der Waals surface area contributed by atoms with Gasteiger partial charge in [-0.05, 0) is 25.1 Å². The Labute approximate surface area is 97.1 Å². The van der Waals surface area contributed by atoms with Crippen molar-refractivity contribution in [2.24, 2.45) is 0 Å². The minimum Gasteiger partial charge on any atom is -0.492 e. The highest BCUT2D eigenvalue weighted by molar-refractivity contribution is 7.80. The third-order valence-corrected chi connectivity index (χ3v) is 3.56. The molecule has 74 valence electrons. The number of hydrogen-bond acceptors (Lipinski definition) is 3. The van der Waals surface area contributed by atoms with Crippen LogP contribution < -0.4 is 4.74 Å². The highest BCUT2D eigenvalue weighted by atomic mass is 35.5. The first kappa shape index (κ1) is 10.1. The second kappa shape index (κ2) is 4.01. The van der Waals surface area contributed by atoms with Crippen LogP contribution in [0.4, 0.5) is 0 Å². The van der Waals surface area contributed by atoms with Crippen molar-refractivity contribution >= 4 is 45.7 Å². The summed E-state index contributed by atoms with van der Waals surface area (Å²) in [6.07, 6.45) is 0.